The van der Waals surface area contributed by atoms with Gasteiger partial charge in [0.25, 0.3) is 5.56 Å². The Labute approximate surface area is 147 Å². The highest BCUT2D eigenvalue weighted by Crippen LogP contribution is 2.27. The van der Waals surface area contributed by atoms with Crippen LogP contribution in [0.3, 0.4) is 0 Å². The number of aryl methyl sites for hydroxylation is 2. The third kappa shape index (κ3) is 3.22. The van der Waals surface area contributed by atoms with Crippen LogP contribution in [-0.4, -0.2) is 28.6 Å². The van der Waals surface area contributed by atoms with Gasteiger partial charge in [0.05, 0.1) is 18.2 Å². The molecule has 24 heavy (non-hydrogen) atoms. The van der Waals surface area contributed by atoms with Crippen molar-refractivity contribution in [2.45, 2.75) is 19.0 Å². The molecule has 0 atom stereocenters. The van der Waals surface area contributed by atoms with E-state index < -0.39 is 0 Å². The Hall–Kier alpha value is -2.12. The average molecular weight is 360 g/mol. The number of nitrogens with zero attached hydrogens (tertiary/aromatic N) is 1. The van der Waals surface area contributed by atoms with Crippen LogP contribution < -0.4 is 10.3 Å². The second-order valence-corrected chi connectivity index (χ2v) is 7.44. The number of rotatable bonds is 5. The van der Waals surface area contributed by atoms with Crippen LogP contribution in [0.1, 0.15) is 20.8 Å². The maximum atomic E-state index is 12.2. The Kier molecular flexibility index (Phi) is 4.73. The van der Waals surface area contributed by atoms with Gasteiger partial charge < -0.3 is 9.72 Å². The monoisotopic (exact) mass is 360 g/mol. The van der Waals surface area contributed by atoms with E-state index >= 15 is 0 Å². The topological polar surface area (TPSA) is 72.0 Å². The van der Waals surface area contributed by atoms with Crippen molar-refractivity contribution in [1.29, 1.82) is 0 Å². The molecule has 0 saturated carbocycles. The van der Waals surface area contributed by atoms with Gasteiger partial charge in [-0.1, -0.05) is 11.8 Å². The molecule has 0 spiro atoms. The number of thiophene rings is 1. The minimum Gasteiger partial charge on any atom is -0.497 e. The summed E-state index contributed by atoms with van der Waals surface area (Å²) < 4.78 is 5.08. The summed E-state index contributed by atoms with van der Waals surface area (Å²) in [6, 6.07) is 6.96. The van der Waals surface area contributed by atoms with E-state index in [0.717, 1.165) is 10.4 Å². The van der Waals surface area contributed by atoms with Crippen molar-refractivity contribution in [3.05, 3.63) is 50.6 Å². The average Bonchev–Trinajstić information content (AvgIpc) is 2.87. The van der Waals surface area contributed by atoms with Crippen LogP contribution >= 0.6 is 23.1 Å². The Morgan fingerprint density at radius 2 is 2.00 bits per heavy atom. The highest BCUT2D eigenvalue weighted by Gasteiger charge is 2.13. The van der Waals surface area contributed by atoms with E-state index in [1.165, 1.54) is 23.1 Å². The second kappa shape index (κ2) is 6.78. The van der Waals surface area contributed by atoms with Crippen LogP contribution in [0.2, 0.25) is 0 Å². The number of methoxy groups -OCH3 is 1. The fourth-order valence-corrected chi connectivity index (χ4v) is 4.14. The Balaban J connectivity index is 1.77. The largest absolute Gasteiger partial charge is 0.497 e. The number of carbonyl (C=O) groups is 1. The van der Waals surface area contributed by atoms with Crippen molar-refractivity contribution < 1.29 is 9.53 Å². The normalized spacial score (nSPS) is 11.0. The molecule has 124 valence electrons. The number of ketones is 1. The molecule has 2 heterocycles. The molecule has 5 nitrogen and oxygen atoms in total. The standard InChI is InChI=1S/C17H16N2O3S2/c1-9-10(2)24-16-14(9)15(21)18-17(19-16)23-8-13(20)11-4-6-12(22-3)7-5-11/h4-7H,8H2,1-3H3,(H,18,19,21). The molecule has 0 amide bonds. The molecule has 3 rings (SSSR count). The first-order valence-electron chi connectivity index (χ1n) is 7.29. The fraction of sp³-hybridized carbons (Fsp3) is 0.235. The number of hydrogen-bond acceptors (Lipinski definition) is 6. The number of fused-ring (bicyclic) bond motifs is 1. The number of benzene rings is 1. The number of ether oxygens (including phenoxy) is 1. The molecule has 2 aromatic heterocycles. The van der Waals surface area contributed by atoms with Crippen molar-refractivity contribution in [1.82, 2.24) is 9.97 Å². The van der Waals surface area contributed by atoms with Crippen LogP contribution in [0.5, 0.6) is 5.75 Å². The Bertz CT molecular complexity index is 958. The lowest BCUT2D eigenvalue weighted by atomic mass is 10.1. The zero-order chi connectivity index (χ0) is 17.3. The van der Waals surface area contributed by atoms with Crippen molar-refractivity contribution in [3.8, 4) is 5.75 Å². The van der Waals surface area contributed by atoms with Crippen LogP contribution in [0.4, 0.5) is 0 Å². The Morgan fingerprint density at radius 1 is 1.29 bits per heavy atom. The first kappa shape index (κ1) is 16.7. The Morgan fingerprint density at radius 3 is 2.67 bits per heavy atom. The molecule has 0 aliphatic carbocycles. The number of H-pyrrole nitrogens is 1. The van der Waals surface area contributed by atoms with E-state index in [1.807, 2.05) is 13.8 Å². The fourth-order valence-electron chi connectivity index (χ4n) is 2.30. The summed E-state index contributed by atoms with van der Waals surface area (Å²) in [6.45, 7) is 3.90. The third-order valence-electron chi connectivity index (χ3n) is 3.77. The zero-order valence-corrected chi connectivity index (χ0v) is 15.1. The molecule has 3 aromatic rings. The van der Waals surface area contributed by atoms with Gasteiger partial charge in [-0.05, 0) is 43.7 Å². The lowest BCUT2D eigenvalue weighted by Gasteiger charge is -2.03. The van der Waals surface area contributed by atoms with E-state index in [9.17, 15) is 9.59 Å². The number of nitrogens with one attached hydrogen (secondary N) is 1. The quantitative estimate of drug-likeness (QED) is 0.428. The van der Waals surface area contributed by atoms with Crippen LogP contribution in [0.25, 0.3) is 10.2 Å². The summed E-state index contributed by atoms with van der Waals surface area (Å²) >= 11 is 2.74. The molecule has 7 heteroatoms. The van der Waals surface area contributed by atoms with Crippen molar-refractivity contribution in [2.24, 2.45) is 0 Å². The minimum atomic E-state index is -0.152. The molecule has 0 aliphatic rings. The van der Waals surface area contributed by atoms with Gasteiger partial charge in [0.1, 0.15) is 10.6 Å². The van der Waals surface area contributed by atoms with Crippen LogP contribution in [0, 0.1) is 13.8 Å². The van der Waals surface area contributed by atoms with Gasteiger partial charge in [0.2, 0.25) is 0 Å². The van der Waals surface area contributed by atoms with E-state index in [1.54, 1.807) is 31.4 Å². The number of aromatic nitrogens is 2. The summed E-state index contributed by atoms with van der Waals surface area (Å²) in [6.07, 6.45) is 0. The molecule has 0 bridgehead atoms. The van der Waals surface area contributed by atoms with Crippen LogP contribution in [-0.2, 0) is 0 Å². The van der Waals surface area contributed by atoms with Crippen molar-refractivity contribution >= 4 is 39.1 Å². The van der Waals surface area contributed by atoms with Gasteiger partial charge in [-0.25, -0.2) is 4.98 Å². The van der Waals surface area contributed by atoms with Gasteiger partial charge in [-0.15, -0.1) is 11.3 Å². The maximum Gasteiger partial charge on any atom is 0.260 e. The molecule has 1 aromatic carbocycles. The number of hydrogen-bond donors (Lipinski definition) is 1. The predicted molar refractivity (Wildman–Crippen MR) is 97.8 cm³/mol. The highest BCUT2D eigenvalue weighted by atomic mass is 32.2. The van der Waals surface area contributed by atoms with E-state index in [2.05, 4.69) is 9.97 Å². The number of carbonyl (C=O) groups excluding carboxylic acids is 1. The molecule has 0 saturated heterocycles. The zero-order valence-electron chi connectivity index (χ0n) is 13.5. The summed E-state index contributed by atoms with van der Waals surface area (Å²) in [5.41, 5.74) is 1.42. The lowest BCUT2D eigenvalue weighted by Crippen LogP contribution is -2.10. The van der Waals surface area contributed by atoms with Gasteiger partial charge in [0, 0.05) is 10.4 Å². The molecule has 0 radical (unpaired) electrons. The first-order chi connectivity index (χ1) is 11.5. The summed E-state index contributed by atoms with van der Waals surface area (Å²) in [7, 11) is 1.58. The van der Waals surface area contributed by atoms with Crippen LogP contribution in [0.15, 0.2) is 34.2 Å². The second-order valence-electron chi connectivity index (χ2n) is 5.27. The lowest BCUT2D eigenvalue weighted by molar-refractivity contribution is 0.102. The first-order valence-corrected chi connectivity index (χ1v) is 9.10. The number of Topliss-reactive ketones (excluding diaryl/α,β-unsaturated/α-hetero) is 1. The van der Waals surface area contributed by atoms with Gasteiger partial charge in [-0.3, -0.25) is 9.59 Å². The van der Waals surface area contributed by atoms with E-state index in [-0.39, 0.29) is 17.1 Å². The molecule has 0 aliphatic heterocycles. The molecule has 0 unspecified atom stereocenters. The van der Waals surface area contributed by atoms with Gasteiger partial charge in [-0.2, -0.15) is 0 Å². The van der Waals surface area contributed by atoms with Crippen molar-refractivity contribution in [2.75, 3.05) is 12.9 Å². The van der Waals surface area contributed by atoms with Gasteiger partial charge >= 0.3 is 0 Å². The van der Waals surface area contributed by atoms with Gasteiger partial charge in [0.15, 0.2) is 10.9 Å². The maximum absolute atomic E-state index is 12.2. The smallest absolute Gasteiger partial charge is 0.260 e. The number of aromatic amines is 1. The summed E-state index contributed by atoms with van der Waals surface area (Å²) in [4.78, 5) is 33.5. The molecule has 0 fully saturated rings. The summed E-state index contributed by atoms with van der Waals surface area (Å²) in [5, 5.41) is 1.11. The predicted octanol–water partition coefficient (Wildman–Crippen LogP) is 3.59. The third-order valence-corrected chi connectivity index (χ3v) is 5.74. The van der Waals surface area contributed by atoms with Crippen molar-refractivity contribution in [3.63, 3.8) is 0 Å². The SMILES string of the molecule is COc1ccc(C(=O)CSc2nc3sc(C)c(C)c3c(=O)[nH]2)cc1. The highest BCUT2D eigenvalue weighted by molar-refractivity contribution is 7.99. The van der Waals surface area contributed by atoms with E-state index in [4.69, 9.17) is 4.74 Å². The molecular formula is C17H16N2O3S2. The molecule has 1 N–H and O–H groups in total. The van der Waals surface area contributed by atoms with E-state index in [0.29, 0.717) is 26.7 Å². The minimum absolute atomic E-state index is 0.0241. The molecular weight excluding hydrogens is 344 g/mol. The number of thioether (sulfide) groups is 1. The summed E-state index contributed by atoms with van der Waals surface area (Å²) in [5.74, 6) is 0.896.